The van der Waals surface area contributed by atoms with Crippen molar-refractivity contribution >= 4 is 11.8 Å². The number of benzene rings is 1. The Morgan fingerprint density at radius 3 is 2.59 bits per heavy atom. The number of alkyl halides is 3. The quantitative estimate of drug-likeness (QED) is 0.742. The number of pyridine rings is 1. The van der Waals surface area contributed by atoms with Crippen molar-refractivity contribution < 1.29 is 22.7 Å². The number of hydrogen-bond acceptors (Lipinski definition) is 5. The molecule has 8 heteroatoms. The molecule has 27 heavy (non-hydrogen) atoms. The molecule has 1 aromatic heterocycles. The predicted molar refractivity (Wildman–Crippen MR) is 90.9 cm³/mol. The van der Waals surface area contributed by atoms with Gasteiger partial charge in [-0.05, 0) is 43.2 Å². The molecule has 2 aromatic rings. The third kappa shape index (κ3) is 2.99. The summed E-state index contributed by atoms with van der Waals surface area (Å²) in [5.74, 6) is -0.251. The standard InChI is InChI=1S/C19H16F3N3O2/c1-18(2)13-6-4-5-11(17(26)27-3)12(13)10-25(18)16-8-7-14(19(20,21)22)15(9-23)24-16/h4-8H,10H2,1-3H3. The first-order valence-corrected chi connectivity index (χ1v) is 8.08. The van der Waals surface area contributed by atoms with E-state index in [1.165, 1.54) is 19.2 Å². The minimum atomic E-state index is -4.65. The molecule has 140 valence electrons. The van der Waals surface area contributed by atoms with Gasteiger partial charge in [-0.25, -0.2) is 9.78 Å². The van der Waals surface area contributed by atoms with E-state index in [0.717, 1.165) is 17.2 Å². The predicted octanol–water partition coefficient (Wildman–Crippen LogP) is 4.01. The van der Waals surface area contributed by atoms with Gasteiger partial charge in [0.2, 0.25) is 0 Å². The van der Waals surface area contributed by atoms with Crippen molar-refractivity contribution in [3.8, 4) is 6.07 Å². The SMILES string of the molecule is COC(=O)c1cccc2c1CN(c1ccc(C(F)(F)F)c(C#N)n1)C2(C)C. The molecule has 3 rings (SSSR count). The number of nitrogens with zero attached hydrogens (tertiary/aromatic N) is 3. The smallest absolute Gasteiger partial charge is 0.419 e. The van der Waals surface area contributed by atoms with Crippen LogP contribution in [0.2, 0.25) is 0 Å². The molecule has 0 N–H and O–H groups in total. The molecule has 0 bridgehead atoms. The molecule has 0 unspecified atom stereocenters. The maximum atomic E-state index is 13.0. The fourth-order valence-electron chi connectivity index (χ4n) is 3.41. The van der Waals surface area contributed by atoms with E-state index < -0.39 is 28.9 Å². The van der Waals surface area contributed by atoms with Gasteiger partial charge >= 0.3 is 12.1 Å². The highest BCUT2D eigenvalue weighted by Gasteiger charge is 2.41. The van der Waals surface area contributed by atoms with E-state index in [1.807, 2.05) is 19.9 Å². The second-order valence-corrected chi connectivity index (χ2v) is 6.64. The number of carbonyl (C=O) groups is 1. The van der Waals surface area contributed by atoms with Gasteiger partial charge in [-0.1, -0.05) is 12.1 Å². The van der Waals surface area contributed by atoms with Crippen molar-refractivity contribution in [1.29, 1.82) is 5.26 Å². The highest BCUT2D eigenvalue weighted by Crippen LogP contribution is 2.43. The third-order valence-corrected chi connectivity index (χ3v) is 4.80. The van der Waals surface area contributed by atoms with Crippen LogP contribution >= 0.6 is 0 Å². The van der Waals surface area contributed by atoms with Crippen molar-refractivity contribution in [3.63, 3.8) is 0 Å². The van der Waals surface area contributed by atoms with Crippen LogP contribution in [0.1, 0.15) is 46.6 Å². The van der Waals surface area contributed by atoms with E-state index >= 15 is 0 Å². The Morgan fingerprint density at radius 1 is 1.30 bits per heavy atom. The lowest BCUT2D eigenvalue weighted by molar-refractivity contribution is -0.138. The monoisotopic (exact) mass is 375 g/mol. The first-order chi connectivity index (χ1) is 12.6. The molecule has 2 heterocycles. The van der Waals surface area contributed by atoms with E-state index in [-0.39, 0.29) is 12.4 Å². The number of ether oxygens (including phenoxy) is 1. The molecule has 0 radical (unpaired) electrons. The number of aromatic nitrogens is 1. The lowest BCUT2D eigenvalue weighted by Crippen LogP contribution is -2.36. The van der Waals surface area contributed by atoms with Crippen LogP contribution < -0.4 is 4.90 Å². The molecule has 1 aromatic carbocycles. The largest absolute Gasteiger partial charge is 0.465 e. The lowest BCUT2D eigenvalue weighted by Gasteiger charge is -2.33. The maximum absolute atomic E-state index is 13.0. The van der Waals surface area contributed by atoms with Crippen LogP contribution in [-0.4, -0.2) is 18.1 Å². The number of carbonyl (C=O) groups excluding carboxylic acids is 1. The van der Waals surface area contributed by atoms with E-state index in [1.54, 1.807) is 17.0 Å². The molecule has 1 aliphatic heterocycles. The Balaban J connectivity index is 2.10. The van der Waals surface area contributed by atoms with Crippen molar-refractivity contribution in [1.82, 2.24) is 4.98 Å². The van der Waals surface area contributed by atoms with Crippen LogP contribution in [0.4, 0.5) is 19.0 Å². The van der Waals surface area contributed by atoms with Crippen molar-refractivity contribution in [3.05, 3.63) is 58.3 Å². The molecule has 5 nitrogen and oxygen atoms in total. The first-order valence-electron chi connectivity index (χ1n) is 8.08. The molecule has 0 saturated carbocycles. The zero-order valence-corrected chi connectivity index (χ0v) is 14.9. The minimum Gasteiger partial charge on any atom is -0.465 e. The highest BCUT2D eigenvalue weighted by atomic mass is 19.4. The van der Waals surface area contributed by atoms with Crippen molar-refractivity contribution in [2.75, 3.05) is 12.0 Å². The van der Waals surface area contributed by atoms with Crippen molar-refractivity contribution in [2.45, 2.75) is 32.1 Å². The Labute approximate surface area is 154 Å². The van der Waals surface area contributed by atoms with Crippen LogP contribution in [0.5, 0.6) is 0 Å². The average molecular weight is 375 g/mol. The number of anilines is 1. The fraction of sp³-hybridized carbons (Fsp3) is 0.316. The summed E-state index contributed by atoms with van der Waals surface area (Å²) >= 11 is 0. The second kappa shape index (κ2) is 6.27. The van der Waals surface area contributed by atoms with Gasteiger partial charge in [0.05, 0.1) is 23.8 Å². The molecular weight excluding hydrogens is 359 g/mol. The summed E-state index contributed by atoms with van der Waals surface area (Å²) in [5, 5.41) is 9.11. The highest BCUT2D eigenvalue weighted by molar-refractivity contribution is 5.92. The molecule has 0 aliphatic carbocycles. The number of halogens is 3. The number of fused-ring (bicyclic) bond motifs is 1. The van der Waals surface area contributed by atoms with Gasteiger partial charge in [-0.15, -0.1) is 0 Å². The Hall–Kier alpha value is -3.08. The molecule has 0 spiro atoms. The summed E-state index contributed by atoms with van der Waals surface area (Å²) < 4.78 is 43.9. The van der Waals surface area contributed by atoms with Gasteiger partial charge in [-0.3, -0.25) is 0 Å². The second-order valence-electron chi connectivity index (χ2n) is 6.64. The molecule has 0 amide bonds. The van der Waals surface area contributed by atoms with Gasteiger partial charge in [0.1, 0.15) is 11.9 Å². The van der Waals surface area contributed by atoms with Crippen molar-refractivity contribution in [2.24, 2.45) is 0 Å². The topological polar surface area (TPSA) is 66.2 Å². The molecule has 0 atom stereocenters. The van der Waals surface area contributed by atoms with Gasteiger partial charge in [0, 0.05) is 6.54 Å². The van der Waals surface area contributed by atoms with E-state index in [0.29, 0.717) is 5.56 Å². The van der Waals surface area contributed by atoms with Crippen LogP contribution in [0, 0.1) is 11.3 Å². The zero-order chi connectivity index (χ0) is 20.0. The summed E-state index contributed by atoms with van der Waals surface area (Å²) in [4.78, 5) is 17.8. The molecule has 0 saturated heterocycles. The van der Waals surface area contributed by atoms with Gasteiger partial charge < -0.3 is 9.64 Å². The van der Waals surface area contributed by atoms with Gasteiger partial charge in [0.25, 0.3) is 0 Å². The molecule has 1 aliphatic rings. The lowest BCUT2D eigenvalue weighted by atomic mass is 9.91. The fourth-order valence-corrected chi connectivity index (χ4v) is 3.41. The summed E-state index contributed by atoms with van der Waals surface area (Å²) in [6.45, 7) is 4.02. The maximum Gasteiger partial charge on any atom is 0.419 e. The Morgan fingerprint density at radius 2 is 2.00 bits per heavy atom. The van der Waals surface area contributed by atoms with Gasteiger partial charge in [0.15, 0.2) is 5.69 Å². The normalized spacial score (nSPS) is 15.2. The third-order valence-electron chi connectivity index (χ3n) is 4.80. The average Bonchev–Trinajstić information content (AvgIpc) is 2.90. The minimum absolute atomic E-state index is 0.233. The molecule has 0 fully saturated rings. The molecular formula is C19H16F3N3O2. The summed E-state index contributed by atoms with van der Waals surface area (Å²) in [6, 6.07) is 8.86. The first kappa shape index (κ1) is 18.7. The number of nitriles is 1. The summed E-state index contributed by atoms with van der Waals surface area (Å²) in [7, 11) is 1.29. The van der Waals surface area contributed by atoms with Crippen LogP contribution in [0.15, 0.2) is 30.3 Å². The van der Waals surface area contributed by atoms with Crippen LogP contribution in [-0.2, 0) is 23.0 Å². The number of hydrogen-bond donors (Lipinski definition) is 0. The summed E-state index contributed by atoms with van der Waals surface area (Å²) in [6.07, 6.45) is -4.65. The number of esters is 1. The Bertz CT molecular complexity index is 962. The van der Waals surface area contributed by atoms with E-state index in [4.69, 9.17) is 10.00 Å². The van der Waals surface area contributed by atoms with E-state index in [9.17, 15) is 18.0 Å². The number of methoxy groups -OCH3 is 1. The Kier molecular flexibility index (Phi) is 4.34. The number of rotatable bonds is 2. The van der Waals surface area contributed by atoms with Crippen LogP contribution in [0.3, 0.4) is 0 Å². The van der Waals surface area contributed by atoms with E-state index in [2.05, 4.69) is 4.98 Å². The summed E-state index contributed by atoms with van der Waals surface area (Å²) in [5.41, 5.74) is -0.407. The van der Waals surface area contributed by atoms with Gasteiger partial charge in [-0.2, -0.15) is 18.4 Å². The van der Waals surface area contributed by atoms with Crippen LogP contribution in [0.25, 0.3) is 0 Å². The zero-order valence-electron chi connectivity index (χ0n) is 14.9.